The molecule has 0 radical (unpaired) electrons. The van der Waals surface area contributed by atoms with Crippen molar-refractivity contribution in [2.45, 2.75) is 13.8 Å². The molecule has 0 aliphatic rings. The maximum absolute atomic E-state index is 11.0. The monoisotopic (exact) mass is 165 g/mol. The van der Waals surface area contributed by atoms with Crippen LogP contribution in [-0.4, -0.2) is 10.9 Å². The van der Waals surface area contributed by atoms with Gasteiger partial charge in [-0.15, -0.1) is 0 Å². The molecule has 0 saturated heterocycles. The number of carbonyl (C=O) groups excluding carboxylic acids is 1. The number of hydrogen-bond donors (Lipinski definition) is 2. The Bertz CT molecular complexity index is 332. The molecule has 3 N–H and O–H groups in total. The van der Waals surface area contributed by atoms with Gasteiger partial charge in [0.15, 0.2) is 5.78 Å². The van der Waals surface area contributed by atoms with Crippen molar-refractivity contribution in [3.05, 3.63) is 23.3 Å². The van der Waals surface area contributed by atoms with E-state index in [0.29, 0.717) is 11.3 Å². The molecule has 0 spiro atoms. The number of carbonyl (C=O) groups is 1. The smallest absolute Gasteiger partial charge is 0.160 e. The molecular formula is C9H11NO2. The number of phenolic OH excluding ortho intramolecular Hbond substituents is 1. The highest BCUT2D eigenvalue weighted by Crippen LogP contribution is 2.24. The van der Waals surface area contributed by atoms with Crippen molar-refractivity contribution in [3.63, 3.8) is 0 Å². The van der Waals surface area contributed by atoms with E-state index in [1.165, 1.54) is 13.0 Å². The number of phenols is 1. The van der Waals surface area contributed by atoms with Crippen molar-refractivity contribution in [2.24, 2.45) is 0 Å². The lowest BCUT2D eigenvalue weighted by Gasteiger charge is -2.04. The lowest BCUT2D eigenvalue weighted by atomic mass is 10.0. The molecule has 64 valence electrons. The highest BCUT2D eigenvalue weighted by Gasteiger charge is 2.07. The summed E-state index contributed by atoms with van der Waals surface area (Å²) in [4.78, 5) is 11.0. The number of Topliss-reactive ketones (excluding diaryl/α,β-unsaturated/α-hetero) is 1. The van der Waals surface area contributed by atoms with E-state index in [1.807, 2.05) is 0 Å². The molecule has 0 saturated carbocycles. The molecule has 0 atom stereocenters. The van der Waals surface area contributed by atoms with Gasteiger partial charge < -0.3 is 10.8 Å². The minimum atomic E-state index is -0.0669. The lowest BCUT2D eigenvalue weighted by molar-refractivity contribution is 0.101. The Morgan fingerprint density at radius 1 is 1.50 bits per heavy atom. The van der Waals surface area contributed by atoms with Gasteiger partial charge in [0.05, 0.1) is 5.69 Å². The summed E-state index contributed by atoms with van der Waals surface area (Å²) in [6.07, 6.45) is 0. The number of nitrogens with two attached hydrogens (primary N) is 1. The van der Waals surface area contributed by atoms with Crippen molar-refractivity contribution in [3.8, 4) is 5.75 Å². The third kappa shape index (κ3) is 1.39. The first-order chi connectivity index (χ1) is 5.52. The molecule has 0 fully saturated rings. The number of rotatable bonds is 1. The summed E-state index contributed by atoms with van der Waals surface area (Å²) in [5.41, 5.74) is 7.04. The lowest BCUT2D eigenvalue weighted by Crippen LogP contribution is -1.97. The summed E-state index contributed by atoms with van der Waals surface area (Å²) < 4.78 is 0. The minimum Gasteiger partial charge on any atom is -0.506 e. The third-order valence-corrected chi connectivity index (χ3v) is 1.75. The fourth-order valence-electron chi connectivity index (χ4n) is 1.10. The van der Waals surface area contributed by atoms with Gasteiger partial charge in [0.1, 0.15) is 5.75 Å². The van der Waals surface area contributed by atoms with Crippen molar-refractivity contribution in [2.75, 3.05) is 5.73 Å². The molecule has 0 aliphatic carbocycles. The van der Waals surface area contributed by atoms with Crippen molar-refractivity contribution in [1.82, 2.24) is 0 Å². The summed E-state index contributed by atoms with van der Waals surface area (Å²) in [6.45, 7) is 3.24. The SMILES string of the molecule is CC(=O)c1cc(O)c(N)cc1C. The predicted molar refractivity (Wildman–Crippen MR) is 47.3 cm³/mol. The van der Waals surface area contributed by atoms with Gasteiger partial charge in [-0.25, -0.2) is 0 Å². The van der Waals surface area contributed by atoms with Crippen LogP contribution in [0.15, 0.2) is 12.1 Å². The zero-order valence-electron chi connectivity index (χ0n) is 7.09. The van der Waals surface area contributed by atoms with Gasteiger partial charge in [-0.3, -0.25) is 4.79 Å². The zero-order valence-corrected chi connectivity index (χ0v) is 7.09. The van der Waals surface area contributed by atoms with Crippen molar-refractivity contribution < 1.29 is 9.90 Å². The number of aromatic hydroxyl groups is 1. The molecule has 1 aromatic rings. The van der Waals surface area contributed by atoms with Gasteiger partial charge in [0.2, 0.25) is 0 Å². The predicted octanol–water partition coefficient (Wildman–Crippen LogP) is 1.49. The van der Waals surface area contributed by atoms with E-state index in [4.69, 9.17) is 5.73 Å². The molecule has 1 aromatic carbocycles. The first-order valence-corrected chi connectivity index (χ1v) is 3.62. The van der Waals surface area contributed by atoms with Gasteiger partial charge in [-0.2, -0.15) is 0 Å². The Labute approximate surface area is 70.8 Å². The first kappa shape index (κ1) is 8.59. The molecule has 0 aliphatic heterocycles. The number of ketones is 1. The van der Waals surface area contributed by atoms with Crippen LogP contribution in [0.25, 0.3) is 0 Å². The minimum absolute atomic E-state index is 0.0363. The zero-order chi connectivity index (χ0) is 9.30. The fraction of sp³-hybridized carbons (Fsp3) is 0.222. The number of hydrogen-bond acceptors (Lipinski definition) is 3. The standard InChI is InChI=1S/C9H11NO2/c1-5-3-8(10)9(12)4-7(5)6(2)11/h3-4,12H,10H2,1-2H3. The van der Waals surface area contributed by atoms with Crippen molar-refractivity contribution in [1.29, 1.82) is 0 Å². The molecule has 1 rings (SSSR count). The molecule has 0 unspecified atom stereocenters. The molecule has 0 bridgehead atoms. The van der Waals surface area contributed by atoms with E-state index in [1.54, 1.807) is 13.0 Å². The Kier molecular flexibility index (Phi) is 2.04. The maximum Gasteiger partial charge on any atom is 0.160 e. The summed E-state index contributed by atoms with van der Waals surface area (Å²) in [5, 5.41) is 9.20. The first-order valence-electron chi connectivity index (χ1n) is 3.62. The van der Waals surface area contributed by atoms with Gasteiger partial charge >= 0.3 is 0 Å². The Morgan fingerprint density at radius 2 is 2.08 bits per heavy atom. The van der Waals surface area contributed by atoms with Crippen molar-refractivity contribution >= 4 is 11.5 Å². The van der Waals surface area contributed by atoms with E-state index in [0.717, 1.165) is 5.56 Å². The normalized spacial score (nSPS) is 9.83. The van der Waals surface area contributed by atoms with Crippen LogP contribution in [0.2, 0.25) is 0 Å². The van der Waals surface area contributed by atoms with Crippen LogP contribution in [-0.2, 0) is 0 Å². The molecule has 0 amide bonds. The third-order valence-electron chi connectivity index (χ3n) is 1.75. The average molecular weight is 165 g/mol. The number of aryl methyl sites for hydroxylation is 1. The topological polar surface area (TPSA) is 63.3 Å². The summed E-state index contributed by atoms with van der Waals surface area (Å²) in [7, 11) is 0. The average Bonchev–Trinajstić information content (AvgIpc) is 1.96. The number of benzene rings is 1. The van der Waals surface area contributed by atoms with E-state index in [-0.39, 0.29) is 11.5 Å². The molecule has 0 heterocycles. The highest BCUT2D eigenvalue weighted by atomic mass is 16.3. The second-order valence-electron chi connectivity index (χ2n) is 2.78. The maximum atomic E-state index is 11.0. The van der Waals surface area contributed by atoms with E-state index < -0.39 is 0 Å². The number of anilines is 1. The van der Waals surface area contributed by atoms with Crippen LogP contribution < -0.4 is 5.73 Å². The van der Waals surface area contributed by atoms with Gasteiger partial charge in [-0.1, -0.05) is 0 Å². The second-order valence-corrected chi connectivity index (χ2v) is 2.78. The van der Waals surface area contributed by atoms with Gasteiger partial charge in [0, 0.05) is 5.56 Å². The highest BCUT2D eigenvalue weighted by molar-refractivity contribution is 5.96. The van der Waals surface area contributed by atoms with E-state index in [9.17, 15) is 9.90 Å². The molecular weight excluding hydrogens is 154 g/mol. The Balaban J connectivity index is 3.33. The van der Waals surface area contributed by atoms with Crippen LogP contribution in [0, 0.1) is 6.92 Å². The molecule has 3 nitrogen and oxygen atoms in total. The summed E-state index contributed by atoms with van der Waals surface area (Å²) in [5.74, 6) is -0.103. The molecule has 12 heavy (non-hydrogen) atoms. The molecule has 0 aromatic heterocycles. The Hall–Kier alpha value is -1.51. The van der Waals surface area contributed by atoms with Crippen LogP contribution >= 0.6 is 0 Å². The van der Waals surface area contributed by atoms with Gasteiger partial charge in [0.25, 0.3) is 0 Å². The van der Waals surface area contributed by atoms with E-state index >= 15 is 0 Å². The van der Waals surface area contributed by atoms with Gasteiger partial charge in [-0.05, 0) is 31.5 Å². The second kappa shape index (κ2) is 2.85. The quantitative estimate of drug-likeness (QED) is 0.376. The Morgan fingerprint density at radius 3 is 2.58 bits per heavy atom. The number of nitrogen functional groups attached to an aromatic ring is 1. The van der Waals surface area contributed by atoms with Crippen LogP contribution in [0.4, 0.5) is 5.69 Å². The van der Waals surface area contributed by atoms with Crippen LogP contribution in [0.1, 0.15) is 22.8 Å². The molecule has 3 heteroatoms. The fourth-order valence-corrected chi connectivity index (χ4v) is 1.10. The largest absolute Gasteiger partial charge is 0.506 e. The summed E-state index contributed by atoms with van der Waals surface area (Å²) >= 11 is 0. The summed E-state index contributed by atoms with van der Waals surface area (Å²) in [6, 6.07) is 2.99. The van der Waals surface area contributed by atoms with E-state index in [2.05, 4.69) is 0 Å². The van der Waals surface area contributed by atoms with Crippen LogP contribution in [0.5, 0.6) is 5.75 Å². The van der Waals surface area contributed by atoms with Crippen LogP contribution in [0.3, 0.4) is 0 Å².